The number of hydrogen-bond acceptors (Lipinski definition) is 9. The monoisotopic (exact) mass is 429 g/mol. The van der Waals surface area contributed by atoms with E-state index >= 15 is 0 Å². The largest absolute Gasteiger partial charge is 0.508 e. The standard InChI is InChI=1S/C21H19NO9/c1-31-12-4-8(6-23)16(25)14-10(12)3-7-2-9-5-11(24)15(20(22)29)19(28)21(9,30)18(27)13(7)17(14)26/h4,6-7,9,25-26,28,30H,2-3,5H2,1H3,(H2,22,29)/t7-,9+,21+/m1/s1. The minimum absolute atomic E-state index is 0.0161. The number of carbonyl (C=O) groups excluding carboxylic acids is 4. The number of aromatic hydroxyl groups is 1. The number of benzene rings is 1. The maximum atomic E-state index is 13.3. The average Bonchev–Trinajstić information content (AvgIpc) is 2.70. The highest BCUT2D eigenvalue weighted by Crippen LogP contribution is 2.53. The molecule has 1 amide bonds. The van der Waals surface area contributed by atoms with E-state index in [1.165, 1.54) is 13.2 Å². The number of nitrogens with two attached hydrogens (primary N) is 1. The third kappa shape index (κ3) is 2.54. The van der Waals surface area contributed by atoms with E-state index in [0.717, 1.165) is 0 Å². The van der Waals surface area contributed by atoms with Crippen LogP contribution in [0.25, 0.3) is 5.76 Å². The lowest BCUT2D eigenvalue weighted by molar-refractivity contribution is -0.147. The van der Waals surface area contributed by atoms with E-state index in [4.69, 9.17) is 10.5 Å². The van der Waals surface area contributed by atoms with Gasteiger partial charge >= 0.3 is 0 Å². The van der Waals surface area contributed by atoms with Crippen LogP contribution in [0.4, 0.5) is 0 Å². The molecule has 0 aromatic heterocycles. The summed E-state index contributed by atoms with van der Waals surface area (Å²) in [7, 11) is 1.34. The SMILES string of the molecule is COc1cc(C=O)c(O)c2c1C[C@H]1C[C@H]3CC(=O)C(C(N)=O)=C(O)[C@@]3(O)C(=O)C1=C2O. The molecule has 0 aliphatic heterocycles. The van der Waals surface area contributed by atoms with E-state index in [1.807, 2.05) is 0 Å². The van der Waals surface area contributed by atoms with Crippen molar-refractivity contribution >= 4 is 29.5 Å². The highest BCUT2D eigenvalue weighted by molar-refractivity contribution is 6.22. The Kier molecular flexibility index (Phi) is 4.44. The summed E-state index contributed by atoms with van der Waals surface area (Å²) in [5.74, 6) is -7.05. The summed E-state index contributed by atoms with van der Waals surface area (Å²) in [5.41, 5.74) is 1.37. The van der Waals surface area contributed by atoms with E-state index in [0.29, 0.717) is 11.8 Å². The molecule has 0 saturated heterocycles. The fourth-order valence-electron chi connectivity index (χ4n) is 4.95. The van der Waals surface area contributed by atoms with Crippen molar-refractivity contribution in [3.05, 3.63) is 39.7 Å². The van der Waals surface area contributed by atoms with Crippen LogP contribution in [0, 0.1) is 11.8 Å². The molecular formula is C21H19NO9. The number of aliphatic hydroxyl groups excluding tert-OH is 2. The van der Waals surface area contributed by atoms with Crippen LogP contribution in [0.3, 0.4) is 0 Å². The number of hydrogen-bond donors (Lipinski definition) is 5. The molecule has 10 nitrogen and oxygen atoms in total. The number of aldehydes is 1. The molecule has 4 rings (SSSR count). The van der Waals surface area contributed by atoms with Crippen LogP contribution in [0.1, 0.15) is 34.3 Å². The highest BCUT2D eigenvalue weighted by Gasteiger charge is 2.60. The van der Waals surface area contributed by atoms with Crippen LogP contribution >= 0.6 is 0 Å². The molecule has 1 aromatic rings. The van der Waals surface area contributed by atoms with Gasteiger partial charge in [-0.3, -0.25) is 19.2 Å². The van der Waals surface area contributed by atoms with Crippen LogP contribution in [0.5, 0.6) is 11.5 Å². The number of ether oxygens (including phenoxy) is 1. The third-order valence-electron chi connectivity index (χ3n) is 6.40. The number of phenols is 1. The lowest BCUT2D eigenvalue weighted by Crippen LogP contribution is -2.58. The van der Waals surface area contributed by atoms with Crippen molar-refractivity contribution in [2.75, 3.05) is 7.11 Å². The van der Waals surface area contributed by atoms with Crippen molar-refractivity contribution in [2.45, 2.75) is 24.9 Å². The first-order valence-corrected chi connectivity index (χ1v) is 9.43. The molecule has 3 aliphatic rings. The van der Waals surface area contributed by atoms with Crippen molar-refractivity contribution < 1.29 is 44.3 Å². The molecule has 0 bridgehead atoms. The zero-order chi connectivity index (χ0) is 22.8. The Morgan fingerprint density at radius 2 is 1.94 bits per heavy atom. The summed E-state index contributed by atoms with van der Waals surface area (Å²) < 4.78 is 5.28. The first-order valence-electron chi connectivity index (χ1n) is 9.43. The van der Waals surface area contributed by atoms with Gasteiger partial charge in [0.2, 0.25) is 5.78 Å². The number of phenolic OH excluding ortho intramolecular Hbond substituents is 1. The third-order valence-corrected chi connectivity index (χ3v) is 6.40. The second-order valence-electron chi connectivity index (χ2n) is 7.89. The van der Waals surface area contributed by atoms with Gasteiger partial charge in [-0.25, -0.2) is 0 Å². The highest BCUT2D eigenvalue weighted by atomic mass is 16.5. The van der Waals surface area contributed by atoms with E-state index in [-0.39, 0.29) is 35.3 Å². The van der Waals surface area contributed by atoms with Gasteiger partial charge in [0.25, 0.3) is 5.91 Å². The van der Waals surface area contributed by atoms with Crippen molar-refractivity contribution in [3.8, 4) is 11.5 Å². The number of primary amides is 1. The molecule has 0 spiro atoms. The van der Waals surface area contributed by atoms with Crippen molar-refractivity contribution in [1.29, 1.82) is 0 Å². The number of ketones is 2. The zero-order valence-electron chi connectivity index (χ0n) is 16.3. The van der Waals surface area contributed by atoms with Crippen LogP contribution in [0.2, 0.25) is 0 Å². The Labute approximate surface area is 175 Å². The summed E-state index contributed by atoms with van der Waals surface area (Å²) in [6.07, 6.45) is 0.0792. The van der Waals surface area contributed by atoms with E-state index < -0.39 is 64.2 Å². The van der Waals surface area contributed by atoms with Gasteiger partial charge in [0, 0.05) is 23.5 Å². The second-order valence-corrected chi connectivity index (χ2v) is 7.89. The lowest BCUT2D eigenvalue weighted by Gasteiger charge is -2.46. The molecule has 162 valence electrons. The Balaban J connectivity index is 1.97. The summed E-state index contributed by atoms with van der Waals surface area (Å²) in [5, 5.41) is 43.0. The number of fused-ring (bicyclic) bond motifs is 3. The van der Waals surface area contributed by atoms with E-state index in [2.05, 4.69) is 0 Å². The number of aliphatic hydroxyl groups is 3. The summed E-state index contributed by atoms with van der Waals surface area (Å²) in [6, 6.07) is 1.30. The second kappa shape index (κ2) is 6.67. The van der Waals surface area contributed by atoms with Crippen molar-refractivity contribution in [2.24, 2.45) is 17.6 Å². The quantitative estimate of drug-likeness (QED) is 0.332. The number of methoxy groups -OCH3 is 1. The minimum atomic E-state index is -2.63. The van der Waals surface area contributed by atoms with Gasteiger partial charge in [-0.2, -0.15) is 0 Å². The van der Waals surface area contributed by atoms with E-state index in [9.17, 15) is 39.6 Å². The molecule has 3 aliphatic carbocycles. The molecule has 3 atom stereocenters. The number of rotatable bonds is 3. The van der Waals surface area contributed by atoms with Gasteiger partial charge in [-0.1, -0.05) is 0 Å². The van der Waals surface area contributed by atoms with Crippen LogP contribution in [0.15, 0.2) is 23.0 Å². The van der Waals surface area contributed by atoms with Crippen LogP contribution < -0.4 is 10.5 Å². The fourth-order valence-corrected chi connectivity index (χ4v) is 4.95. The molecule has 10 heteroatoms. The topological polar surface area (TPSA) is 184 Å². The average molecular weight is 429 g/mol. The summed E-state index contributed by atoms with van der Waals surface area (Å²) in [6.45, 7) is 0. The smallest absolute Gasteiger partial charge is 0.255 e. The molecule has 0 heterocycles. The van der Waals surface area contributed by atoms with Gasteiger partial charge in [0.05, 0.1) is 18.2 Å². The predicted octanol–water partition coefficient (Wildman–Crippen LogP) is 0.245. The normalized spacial score (nSPS) is 27.4. The molecule has 0 unspecified atom stereocenters. The predicted molar refractivity (Wildman–Crippen MR) is 103 cm³/mol. The molecular weight excluding hydrogens is 410 g/mol. The fraction of sp³-hybridized carbons (Fsp3) is 0.333. The number of carbonyl (C=O) groups is 4. The van der Waals surface area contributed by atoms with Gasteiger partial charge in [0.15, 0.2) is 17.7 Å². The van der Waals surface area contributed by atoms with Crippen LogP contribution in [-0.4, -0.2) is 56.9 Å². The molecule has 1 saturated carbocycles. The maximum Gasteiger partial charge on any atom is 0.255 e. The Bertz CT molecular complexity index is 1150. The Morgan fingerprint density at radius 3 is 2.52 bits per heavy atom. The van der Waals surface area contributed by atoms with Gasteiger partial charge < -0.3 is 30.9 Å². The van der Waals surface area contributed by atoms with Gasteiger partial charge in [-0.15, -0.1) is 0 Å². The maximum absolute atomic E-state index is 13.3. The van der Waals surface area contributed by atoms with Crippen molar-refractivity contribution in [3.63, 3.8) is 0 Å². The lowest BCUT2D eigenvalue weighted by atomic mass is 9.59. The summed E-state index contributed by atoms with van der Waals surface area (Å²) in [4.78, 5) is 48.6. The minimum Gasteiger partial charge on any atom is -0.508 e. The molecule has 1 aromatic carbocycles. The van der Waals surface area contributed by atoms with Crippen LogP contribution in [-0.2, 0) is 20.8 Å². The van der Waals surface area contributed by atoms with E-state index in [1.54, 1.807) is 0 Å². The Morgan fingerprint density at radius 1 is 1.26 bits per heavy atom. The zero-order valence-corrected chi connectivity index (χ0v) is 16.3. The van der Waals surface area contributed by atoms with Gasteiger partial charge in [-0.05, 0) is 24.8 Å². The Hall–Kier alpha value is -3.66. The molecule has 0 radical (unpaired) electrons. The number of amides is 1. The molecule has 31 heavy (non-hydrogen) atoms. The van der Waals surface area contributed by atoms with Gasteiger partial charge in [0.1, 0.15) is 28.6 Å². The first kappa shape index (κ1) is 20.6. The summed E-state index contributed by atoms with van der Waals surface area (Å²) >= 11 is 0. The number of Topliss-reactive ketones (excluding diaryl/α,β-unsaturated/α-hetero) is 2. The molecule has 1 fully saturated rings. The first-order chi connectivity index (χ1) is 14.6. The molecule has 6 N–H and O–H groups in total. The van der Waals surface area contributed by atoms with Crippen molar-refractivity contribution in [1.82, 2.24) is 0 Å².